The molecule has 2 N–H and O–H groups in total. The molecule has 0 spiro atoms. The van der Waals surface area contributed by atoms with E-state index in [0.29, 0.717) is 24.1 Å². The van der Waals surface area contributed by atoms with Gasteiger partial charge in [-0.15, -0.1) is 0 Å². The van der Waals surface area contributed by atoms with E-state index >= 15 is 0 Å². The number of nitrogens with zero attached hydrogens (tertiary/aromatic N) is 2. The maximum Gasteiger partial charge on any atom is 0.257 e. The second-order valence-electron chi connectivity index (χ2n) is 4.84. The van der Waals surface area contributed by atoms with Gasteiger partial charge in [-0.2, -0.15) is 4.98 Å². The average molecular weight is 250 g/mol. The average Bonchev–Trinajstić information content (AvgIpc) is 2.78. The van der Waals surface area contributed by atoms with Crippen LogP contribution in [0.4, 0.5) is 0 Å². The Morgan fingerprint density at radius 3 is 2.89 bits per heavy atom. The van der Waals surface area contributed by atoms with Gasteiger partial charge >= 0.3 is 0 Å². The normalized spacial score (nSPS) is 21.2. The lowest BCUT2D eigenvalue weighted by Crippen LogP contribution is -2.19. The molecular formula is C13H18N2O3. The predicted octanol–water partition coefficient (Wildman–Crippen LogP) is 1.54. The molecule has 18 heavy (non-hydrogen) atoms. The van der Waals surface area contributed by atoms with E-state index in [1.54, 1.807) is 6.92 Å². The largest absolute Gasteiger partial charge is 0.368 e. The van der Waals surface area contributed by atoms with E-state index in [9.17, 15) is 0 Å². The smallest absolute Gasteiger partial charge is 0.257 e. The highest BCUT2D eigenvalue weighted by atomic mass is 16.5. The molecule has 98 valence electrons. The SMILES string of the molecule is CC1C=CC(c2nc(CC(C)C(O)O)no2)=CC1. The summed E-state index contributed by atoms with van der Waals surface area (Å²) in [6.45, 7) is 3.87. The lowest BCUT2D eigenvalue weighted by molar-refractivity contribution is -0.0786. The van der Waals surface area contributed by atoms with E-state index in [1.165, 1.54) is 0 Å². The summed E-state index contributed by atoms with van der Waals surface area (Å²) in [5.41, 5.74) is 0.934. The monoisotopic (exact) mass is 250 g/mol. The molecule has 1 aliphatic rings. The fourth-order valence-corrected chi connectivity index (χ4v) is 1.73. The Morgan fingerprint density at radius 2 is 2.28 bits per heavy atom. The molecule has 1 aliphatic carbocycles. The maximum absolute atomic E-state index is 9.01. The van der Waals surface area contributed by atoms with Gasteiger partial charge in [0.2, 0.25) is 0 Å². The topological polar surface area (TPSA) is 79.4 Å². The molecule has 0 amide bonds. The number of aliphatic hydroxyl groups is 2. The number of hydrogen-bond donors (Lipinski definition) is 2. The van der Waals surface area contributed by atoms with Crippen LogP contribution in [0.1, 0.15) is 32.0 Å². The first-order valence-electron chi connectivity index (χ1n) is 6.13. The van der Waals surface area contributed by atoms with Gasteiger partial charge in [-0.1, -0.05) is 37.2 Å². The summed E-state index contributed by atoms with van der Waals surface area (Å²) in [7, 11) is 0. The van der Waals surface area contributed by atoms with Gasteiger partial charge in [0, 0.05) is 17.9 Å². The highest BCUT2D eigenvalue weighted by molar-refractivity contribution is 5.69. The van der Waals surface area contributed by atoms with Crippen molar-refractivity contribution in [2.75, 3.05) is 0 Å². The summed E-state index contributed by atoms with van der Waals surface area (Å²) < 4.78 is 5.18. The van der Waals surface area contributed by atoms with E-state index in [4.69, 9.17) is 14.7 Å². The van der Waals surface area contributed by atoms with Gasteiger partial charge in [0.25, 0.3) is 5.89 Å². The van der Waals surface area contributed by atoms with Crippen LogP contribution in [-0.2, 0) is 6.42 Å². The fraction of sp³-hybridized carbons (Fsp3) is 0.538. The summed E-state index contributed by atoms with van der Waals surface area (Å²) in [4.78, 5) is 4.26. The number of hydrogen-bond acceptors (Lipinski definition) is 5. The molecule has 0 saturated heterocycles. The molecule has 2 unspecified atom stereocenters. The Morgan fingerprint density at radius 1 is 1.50 bits per heavy atom. The molecular weight excluding hydrogens is 232 g/mol. The zero-order chi connectivity index (χ0) is 13.1. The van der Waals surface area contributed by atoms with Gasteiger partial charge in [0.1, 0.15) is 0 Å². The summed E-state index contributed by atoms with van der Waals surface area (Å²) in [5.74, 6) is 1.22. The van der Waals surface area contributed by atoms with Crippen LogP contribution in [0.15, 0.2) is 22.8 Å². The Hall–Kier alpha value is -1.46. The van der Waals surface area contributed by atoms with Crippen LogP contribution in [0.5, 0.6) is 0 Å². The molecule has 0 bridgehead atoms. The highest BCUT2D eigenvalue weighted by Gasteiger charge is 2.17. The Kier molecular flexibility index (Phi) is 3.93. The van der Waals surface area contributed by atoms with E-state index < -0.39 is 6.29 Å². The molecule has 1 heterocycles. The third kappa shape index (κ3) is 3.05. The molecule has 5 nitrogen and oxygen atoms in total. The number of aromatic nitrogens is 2. The van der Waals surface area contributed by atoms with Crippen LogP contribution in [0, 0.1) is 11.8 Å². The van der Waals surface area contributed by atoms with Crippen molar-refractivity contribution in [3.8, 4) is 0 Å². The molecule has 0 aliphatic heterocycles. The number of allylic oxidation sites excluding steroid dienone is 4. The summed E-state index contributed by atoms with van der Waals surface area (Å²) in [5, 5.41) is 21.9. The summed E-state index contributed by atoms with van der Waals surface area (Å²) in [6, 6.07) is 0. The molecule has 2 atom stereocenters. The van der Waals surface area contributed by atoms with Gasteiger partial charge in [0.15, 0.2) is 12.1 Å². The van der Waals surface area contributed by atoms with E-state index in [1.807, 2.05) is 6.08 Å². The highest BCUT2D eigenvalue weighted by Crippen LogP contribution is 2.23. The van der Waals surface area contributed by atoms with E-state index in [0.717, 1.165) is 12.0 Å². The van der Waals surface area contributed by atoms with Gasteiger partial charge in [-0.25, -0.2) is 0 Å². The second-order valence-corrected chi connectivity index (χ2v) is 4.84. The van der Waals surface area contributed by atoms with Crippen LogP contribution in [0.3, 0.4) is 0 Å². The van der Waals surface area contributed by atoms with Crippen molar-refractivity contribution in [1.29, 1.82) is 0 Å². The standard InChI is InChI=1S/C13H18N2O3/c1-8-3-5-10(6-4-8)12-14-11(15-18-12)7-9(2)13(16)17/h3,5-6,8-9,13,16-17H,4,7H2,1-2H3. The Labute approximate surface area is 106 Å². The lowest BCUT2D eigenvalue weighted by atomic mass is 9.98. The van der Waals surface area contributed by atoms with Crippen molar-refractivity contribution in [2.45, 2.75) is 33.0 Å². The quantitative estimate of drug-likeness (QED) is 0.792. The molecule has 0 saturated carbocycles. The van der Waals surface area contributed by atoms with E-state index in [2.05, 4.69) is 29.2 Å². The first-order valence-corrected chi connectivity index (χ1v) is 6.13. The molecule has 1 aromatic rings. The van der Waals surface area contributed by atoms with Crippen LogP contribution in [0.25, 0.3) is 5.57 Å². The fourth-order valence-electron chi connectivity index (χ4n) is 1.73. The van der Waals surface area contributed by atoms with Crippen molar-refractivity contribution in [3.63, 3.8) is 0 Å². The van der Waals surface area contributed by atoms with Crippen molar-refractivity contribution in [1.82, 2.24) is 10.1 Å². The van der Waals surface area contributed by atoms with Gasteiger partial charge in [-0.3, -0.25) is 0 Å². The van der Waals surface area contributed by atoms with Crippen molar-refractivity contribution >= 4 is 5.57 Å². The Bertz CT molecular complexity index is 463. The minimum atomic E-state index is -1.36. The van der Waals surface area contributed by atoms with Gasteiger partial charge < -0.3 is 14.7 Å². The van der Waals surface area contributed by atoms with Crippen molar-refractivity contribution in [3.05, 3.63) is 29.9 Å². The third-order valence-corrected chi connectivity index (χ3v) is 3.04. The predicted molar refractivity (Wildman–Crippen MR) is 66.3 cm³/mol. The zero-order valence-corrected chi connectivity index (χ0v) is 10.6. The molecule has 1 aromatic heterocycles. The number of aliphatic hydroxyl groups excluding tert-OH is 1. The number of rotatable bonds is 4. The van der Waals surface area contributed by atoms with E-state index in [-0.39, 0.29) is 5.92 Å². The van der Waals surface area contributed by atoms with Crippen molar-refractivity contribution < 1.29 is 14.7 Å². The summed E-state index contributed by atoms with van der Waals surface area (Å²) in [6.07, 6.45) is 6.16. The van der Waals surface area contributed by atoms with Gasteiger partial charge in [0.05, 0.1) is 0 Å². The maximum atomic E-state index is 9.01. The molecule has 5 heteroatoms. The van der Waals surface area contributed by atoms with Crippen LogP contribution in [0.2, 0.25) is 0 Å². The van der Waals surface area contributed by atoms with Crippen LogP contribution >= 0.6 is 0 Å². The third-order valence-electron chi connectivity index (χ3n) is 3.04. The minimum absolute atomic E-state index is 0.314. The molecule has 0 aromatic carbocycles. The van der Waals surface area contributed by atoms with Crippen LogP contribution in [-0.4, -0.2) is 26.6 Å². The van der Waals surface area contributed by atoms with Crippen molar-refractivity contribution in [2.24, 2.45) is 11.8 Å². The zero-order valence-electron chi connectivity index (χ0n) is 10.6. The molecule has 0 fully saturated rings. The van der Waals surface area contributed by atoms with Gasteiger partial charge in [-0.05, 0) is 12.3 Å². The Balaban J connectivity index is 2.05. The minimum Gasteiger partial charge on any atom is -0.368 e. The second kappa shape index (κ2) is 5.46. The molecule has 2 rings (SSSR count). The summed E-state index contributed by atoms with van der Waals surface area (Å²) >= 11 is 0. The lowest BCUT2D eigenvalue weighted by Gasteiger charge is -2.10. The first kappa shape index (κ1) is 13.0. The first-order chi connectivity index (χ1) is 8.56. The van der Waals surface area contributed by atoms with Crippen LogP contribution < -0.4 is 0 Å². The molecule has 0 radical (unpaired) electrons.